The van der Waals surface area contributed by atoms with Gasteiger partial charge in [0.05, 0.1) is 29.1 Å². The van der Waals surface area contributed by atoms with E-state index >= 15 is 0 Å². The minimum atomic E-state index is -0.322. The summed E-state index contributed by atoms with van der Waals surface area (Å²) in [5, 5.41) is 0.776. The molecule has 1 amide bonds. The van der Waals surface area contributed by atoms with Crippen LogP contribution in [0.15, 0.2) is 43.0 Å². The van der Waals surface area contributed by atoms with Gasteiger partial charge in [-0.15, -0.1) is 0 Å². The molecule has 0 spiro atoms. The van der Waals surface area contributed by atoms with Crippen molar-refractivity contribution >= 4 is 16.8 Å². The Bertz CT molecular complexity index is 923. The molecule has 4 rings (SSSR count). The van der Waals surface area contributed by atoms with Gasteiger partial charge in [0.15, 0.2) is 0 Å². The third-order valence-electron chi connectivity index (χ3n) is 4.83. The number of piperidine rings is 1. The first-order valence-corrected chi connectivity index (χ1v) is 8.45. The Kier molecular flexibility index (Phi) is 3.95. The number of aryl methyl sites for hydroxylation is 1. The summed E-state index contributed by atoms with van der Waals surface area (Å²) in [6.45, 7) is 3.20. The highest BCUT2D eigenvalue weighted by Gasteiger charge is 2.26. The number of likely N-dealkylation sites (tertiary alicyclic amines) is 1. The van der Waals surface area contributed by atoms with Crippen LogP contribution in [0.5, 0.6) is 0 Å². The van der Waals surface area contributed by atoms with E-state index in [-0.39, 0.29) is 17.8 Å². The number of aromatic nitrogens is 3. The van der Waals surface area contributed by atoms with Crippen LogP contribution in [0.1, 0.15) is 34.9 Å². The van der Waals surface area contributed by atoms with E-state index in [4.69, 9.17) is 0 Å². The van der Waals surface area contributed by atoms with Crippen LogP contribution in [0.25, 0.3) is 10.9 Å². The lowest BCUT2D eigenvalue weighted by atomic mass is 10.0. The highest BCUT2D eigenvalue weighted by Crippen LogP contribution is 2.24. The van der Waals surface area contributed by atoms with Gasteiger partial charge in [0.2, 0.25) is 0 Å². The first kappa shape index (κ1) is 15.7. The summed E-state index contributed by atoms with van der Waals surface area (Å²) in [5.74, 6) is -0.335. The molecule has 5 nitrogen and oxygen atoms in total. The Morgan fingerprint density at radius 3 is 3.00 bits per heavy atom. The fraction of sp³-hybridized carbons (Fsp3) is 0.316. The maximum atomic E-state index is 13.4. The molecule has 3 aromatic rings. The number of amides is 1. The van der Waals surface area contributed by atoms with Crippen LogP contribution in [0.2, 0.25) is 0 Å². The highest BCUT2D eigenvalue weighted by atomic mass is 19.1. The van der Waals surface area contributed by atoms with Gasteiger partial charge in [-0.1, -0.05) is 0 Å². The van der Waals surface area contributed by atoms with Gasteiger partial charge in [-0.05, 0) is 38.0 Å². The van der Waals surface area contributed by atoms with E-state index in [1.807, 2.05) is 17.2 Å². The zero-order valence-corrected chi connectivity index (χ0v) is 14.0. The number of hydrogen-bond acceptors (Lipinski definition) is 3. The minimum Gasteiger partial charge on any atom is -0.337 e. The molecule has 0 bridgehead atoms. The predicted octanol–water partition coefficient (Wildman–Crippen LogP) is 3.36. The molecule has 1 aliphatic rings. The molecule has 1 fully saturated rings. The molecule has 25 heavy (non-hydrogen) atoms. The van der Waals surface area contributed by atoms with Crippen molar-refractivity contribution in [2.24, 2.45) is 0 Å². The van der Waals surface area contributed by atoms with Crippen LogP contribution in [0.4, 0.5) is 4.39 Å². The van der Waals surface area contributed by atoms with Gasteiger partial charge >= 0.3 is 0 Å². The number of hydrogen-bond donors (Lipinski definition) is 0. The number of imidazole rings is 1. The van der Waals surface area contributed by atoms with Crippen molar-refractivity contribution in [3.8, 4) is 0 Å². The molecule has 1 atom stereocenters. The summed E-state index contributed by atoms with van der Waals surface area (Å²) in [7, 11) is 0. The smallest absolute Gasteiger partial charge is 0.255 e. The number of benzene rings is 1. The summed E-state index contributed by atoms with van der Waals surface area (Å²) in [4.78, 5) is 23.4. The molecule has 128 valence electrons. The highest BCUT2D eigenvalue weighted by molar-refractivity contribution is 5.98. The van der Waals surface area contributed by atoms with Crippen molar-refractivity contribution in [3.63, 3.8) is 0 Å². The third-order valence-corrected chi connectivity index (χ3v) is 4.83. The molecule has 1 aromatic carbocycles. The lowest BCUT2D eigenvalue weighted by Gasteiger charge is -2.33. The lowest BCUT2D eigenvalue weighted by molar-refractivity contribution is 0.0678. The van der Waals surface area contributed by atoms with E-state index in [1.165, 1.54) is 12.1 Å². The Hall–Kier alpha value is -2.76. The van der Waals surface area contributed by atoms with Gasteiger partial charge in [-0.2, -0.15) is 0 Å². The molecular weight excluding hydrogens is 319 g/mol. The largest absolute Gasteiger partial charge is 0.337 e. The van der Waals surface area contributed by atoms with Crippen LogP contribution < -0.4 is 0 Å². The first-order chi connectivity index (χ1) is 12.1. The molecule has 0 unspecified atom stereocenters. The van der Waals surface area contributed by atoms with Gasteiger partial charge in [0, 0.05) is 36.9 Å². The maximum Gasteiger partial charge on any atom is 0.255 e. The van der Waals surface area contributed by atoms with Crippen molar-refractivity contribution in [1.29, 1.82) is 0 Å². The van der Waals surface area contributed by atoms with Gasteiger partial charge in [-0.25, -0.2) is 9.37 Å². The Morgan fingerprint density at radius 1 is 1.32 bits per heavy atom. The second kappa shape index (κ2) is 6.27. The Morgan fingerprint density at radius 2 is 2.20 bits per heavy atom. The molecule has 0 radical (unpaired) electrons. The number of pyridine rings is 1. The molecule has 1 saturated heterocycles. The van der Waals surface area contributed by atoms with Gasteiger partial charge in [0.25, 0.3) is 5.91 Å². The molecule has 0 saturated carbocycles. The maximum absolute atomic E-state index is 13.4. The average Bonchev–Trinajstić information content (AvgIpc) is 3.15. The van der Waals surface area contributed by atoms with E-state index in [2.05, 4.69) is 14.5 Å². The number of carbonyl (C=O) groups is 1. The topological polar surface area (TPSA) is 51.0 Å². The van der Waals surface area contributed by atoms with E-state index in [1.54, 1.807) is 25.5 Å². The van der Waals surface area contributed by atoms with E-state index < -0.39 is 0 Å². The van der Waals surface area contributed by atoms with Crippen LogP contribution in [0, 0.1) is 12.7 Å². The molecule has 0 aliphatic carbocycles. The van der Waals surface area contributed by atoms with Crippen molar-refractivity contribution in [2.45, 2.75) is 25.8 Å². The summed E-state index contributed by atoms with van der Waals surface area (Å²) in [6, 6.07) is 6.53. The Balaban J connectivity index is 1.62. The minimum absolute atomic E-state index is 0.0129. The second-order valence-corrected chi connectivity index (χ2v) is 6.52. The number of halogens is 1. The zero-order valence-electron chi connectivity index (χ0n) is 14.0. The second-order valence-electron chi connectivity index (χ2n) is 6.52. The number of carbonyl (C=O) groups excluding carboxylic acids is 1. The monoisotopic (exact) mass is 338 g/mol. The molecule has 3 heterocycles. The summed E-state index contributed by atoms with van der Waals surface area (Å²) in [5.41, 5.74) is 1.79. The normalized spacial score (nSPS) is 17.8. The summed E-state index contributed by atoms with van der Waals surface area (Å²) < 4.78 is 15.4. The first-order valence-electron chi connectivity index (χ1n) is 8.45. The van der Waals surface area contributed by atoms with Gasteiger partial charge < -0.3 is 9.47 Å². The molecule has 1 aliphatic heterocycles. The molecular formula is C19H19FN4O. The van der Waals surface area contributed by atoms with E-state index in [0.29, 0.717) is 23.3 Å². The lowest BCUT2D eigenvalue weighted by Crippen LogP contribution is -2.40. The summed E-state index contributed by atoms with van der Waals surface area (Å²) in [6.07, 6.45) is 7.50. The number of nitrogens with zero attached hydrogens (tertiary/aromatic N) is 4. The van der Waals surface area contributed by atoms with Crippen molar-refractivity contribution in [2.75, 3.05) is 13.1 Å². The van der Waals surface area contributed by atoms with E-state index in [9.17, 15) is 9.18 Å². The summed E-state index contributed by atoms with van der Waals surface area (Å²) >= 11 is 0. The van der Waals surface area contributed by atoms with Crippen molar-refractivity contribution in [1.82, 2.24) is 19.4 Å². The van der Waals surface area contributed by atoms with Crippen LogP contribution in [0.3, 0.4) is 0 Å². The van der Waals surface area contributed by atoms with Crippen LogP contribution >= 0.6 is 0 Å². The fourth-order valence-corrected chi connectivity index (χ4v) is 3.49. The Labute approximate surface area is 145 Å². The van der Waals surface area contributed by atoms with Crippen molar-refractivity contribution in [3.05, 3.63) is 60.1 Å². The van der Waals surface area contributed by atoms with Crippen molar-refractivity contribution < 1.29 is 9.18 Å². The molecule has 6 heteroatoms. The molecule has 0 N–H and O–H groups in total. The predicted molar refractivity (Wildman–Crippen MR) is 92.8 cm³/mol. The standard InChI is InChI=1S/C19H19FN4O/c1-13-17(9-14-4-5-15(20)10-18(14)22-13)19(25)23-7-2-3-16(11-23)24-8-6-21-12-24/h4-6,8-10,12,16H,2-3,7,11H2,1H3/t16-/m1/s1. The van der Waals surface area contributed by atoms with E-state index in [0.717, 1.165) is 24.8 Å². The quantitative estimate of drug-likeness (QED) is 0.720. The van der Waals surface area contributed by atoms with Crippen LogP contribution in [-0.4, -0.2) is 38.4 Å². The van der Waals surface area contributed by atoms with Gasteiger partial charge in [-0.3, -0.25) is 9.78 Å². The average molecular weight is 338 g/mol. The fourth-order valence-electron chi connectivity index (χ4n) is 3.49. The SMILES string of the molecule is Cc1nc2cc(F)ccc2cc1C(=O)N1CCC[C@@H](n2ccnc2)C1. The van der Waals surface area contributed by atoms with Gasteiger partial charge in [0.1, 0.15) is 5.82 Å². The third kappa shape index (κ3) is 2.99. The van der Waals surface area contributed by atoms with Crippen LogP contribution in [-0.2, 0) is 0 Å². The molecule has 2 aromatic heterocycles. The number of rotatable bonds is 2. The number of fused-ring (bicyclic) bond motifs is 1. The zero-order chi connectivity index (χ0) is 17.4.